The SMILES string of the molecule is CCC(C)NC(=O)c1cc(C)nc2c(Cl)cccc12. The van der Waals surface area contributed by atoms with Crippen molar-refractivity contribution >= 4 is 28.4 Å². The largest absolute Gasteiger partial charge is 0.350 e. The van der Waals surface area contributed by atoms with Crippen LogP contribution in [0.1, 0.15) is 36.3 Å². The van der Waals surface area contributed by atoms with E-state index < -0.39 is 0 Å². The average Bonchev–Trinajstić information content (AvgIpc) is 2.38. The van der Waals surface area contributed by atoms with Crippen molar-refractivity contribution in [2.24, 2.45) is 0 Å². The fraction of sp³-hybridized carbons (Fsp3) is 0.333. The van der Waals surface area contributed by atoms with Crippen LogP contribution in [0.5, 0.6) is 0 Å². The van der Waals surface area contributed by atoms with Gasteiger partial charge in [-0.15, -0.1) is 0 Å². The van der Waals surface area contributed by atoms with Crippen molar-refractivity contribution in [1.82, 2.24) is 10.3 Å². The molecule has 0 fully saturated rings. The Morgan fingerprint density at radius 2 is 2.21 bits per heavy atom. The van der Waals surface area contributed by atoms with Crippen LogP contribution in [0, 0.1) is 6.92 Å². The zero-order chi connectivity index (χ0) is 14.0. The molecule has 3 nitrogen and oxygen atoms in total. The van der Waals surface area contributed by atoms with Crippen molar-refractivity contribution < 1.29 is 4.79 Å². The first kappa shape index (κ1) is 13.8. The first-order valence-electron chi connectivity index (χ1n) is 6.39. The molecular formula is C15H17ClN2O. The number of nitrogens with one attached hydrogen (secondary N) is 1. The summed E-state index contributed by atoms with van der Waals surface area (Å²) < 4.78 is 0. The summed E-state index contributed by atoms with van der Waals surface area (Å²) in [5.41, 5.74) is 2.10. The number of benzene rings is 1. The van der Waals surface area contributed by atoms with E-state index in [1.165, 1.54) is 0 Å². The van der Waals surface area contributed by atoms with Gasteiger partial charge in [0.2, 0.25) is 0 Å². The van der Waals surface area contributed by atoms with E-state index in [-0.39, 0.29) is 11.9 Å². The van der Waals surface area contributed by atoms with Crippen LogP contribution in [0.2, 0.25) is 5.02 Å². The Balaban J connectivity index is 2.54. The molecule has 1 N–H and O–H groups in total. The number of aromatic nitrogens is 1. The summed E-state index contributed by atoms with van der Waals surface area (Å²) in [7, 11) is 0. The number of fused-ring (bicyclic) bond motifs is 1. The molecule has 1 atom stereocenters. The number of para-hydroxylation sites is 1. The van der Waals surface area contributed by atoms with Gasteiger partial charge in [-0.25, -0.2) is 0 Å². The molecule has 1 aromatic carbocycles. The lowest BCUT2D eigenvalue weighted by Gasteiger charge is -2.13. The summed E-state index contributed by atoms with van der Waals surface area (Å²) in [5.74, 6) is -0.0767. The summed E-state index contributed by atoms with van der Waals surface area (Å²) in [6.07, 6.45) is 0.897. The number of amides is 1. The van der Waals surface area contributed by atoms with Gasteiger partial charge in [0, 0.05) is 17.1 Å². The molecule has 1 amide bonds. The number of carbonyl (C=O) groups is 1. The molecule has 2 rings (SSSR count). The molecule has 19 heavy (non-hydrogen) atoms. The van der Waals surface area contributed by atoms with Gasteiger partial charge in [0.1, 0.15) is 0 Å². The fourth-order valence-electron chi connectivity index (χ4n) is 1.93. The lowest BCUT2D eigenvalue weighted by atomic mass is 10.1. The van der Waals surface area contributed by atoms with Gasteiger partial charge in [-0.2, -0.15) is 0 Å². The third kappa shape index (κ3) is 2.87. The molecule has 4 heteroatoms. The number of halogens is 1. The van der Waals surface area contributed by atoms with Crippen LogP contribution in [0.25, 0.3) is 10.9 Å². The maximum absolute atomic E-state index is 12.3. The smallest absolute Gasteiger partial charge is 0.252 e. The third-order valence-electron chi connectivity index (χ3n) is 3.15. The van der Waals surface area contributed by atoms with Crippen LogP contribution < -0.4 is 5.32 Å². The molecular weight excluding hydrogens is 260 g/mol. The second-order valence-corrected chi connectivity index (χ2v) is 5.14. The van der Waals surface area contributed by atoms with Gasteiger partial charge in [-0.3, -0.25) is 9.78 Å². The zero-order valence-corrected chi connectivity index (χ0v) is 12.1. The highest BCUT2D eigenvalue weighted by Gasteiger charge is 2.14. The maximum Gasteiger partial charge on any atom is 0.252 e. The van der Waals surface area contributed by atoms with E-state index in [1.807, 2.05) is 32.9 Å². The molecule has 0 radical (unpaired) electrons. The van der Waals surface area contributed by atoms with Crippen molar-refractivity contribution in [3.63, 3.8) is 0 Å². The quantitative estimate of drug-likeness (QED) is 0.928. The molecule has 0 spiro atoms. The molecule has 100 valence electrons. The molecule has 1 aromatic heterocycles. The maximum atomic E-state index is 12.3. The monoisotopic (exact) mass is 276 g/mol. The number of nitrogens with zero attached hydrogens (tertiary/aromatic N) is 1. The molecule has 1 heterocycles. The summed E-state index contributed by atoms with van der Waals surface area (Å²) >= 11 is 6.14. The average molecular weight is 277 g/mol. The Bertz CT molecular complexity index is 625. The van der Waals surface area contributed by atoms with Gasteiger partial charge in [0.25, 0.3) is 5.91 Å². The Kier molecular flexibility index (Phi) is 4.05. The van der Waals surface area contributed by atoms with Gasteiger partial charge >= 0.3 is 0 Å². The van der Waals surface area contributed by atoms with E-state index >= 15 is 0 Å². The van der Waals surface area contributed by atoms with Gasteiger partial charge in [0.15, 0.2) is 0 Å². The minimum absolute atomic E-state index is 0.0767. The Hall–Kier alpha value is -1.61. The minimum Gasteiger partial charge on any atom is -0.350 e. The predicted octanol–water partition coefficient (Wildman–Crippen LogP) is 3.72. The number of pyridine rings is 1. The van der Waals surface area contributed by atoms with E-state index in [0.717, 1.165) is 17.5 Å². The number of rotatable bonds is 3. The predicted molar refractivity (Wildman–Crippen MR) is 78.7 cm³/mol. The zero-order valence-electron chi connectivity index (χ0n) is 11.3. The van der Waals surface area contributed by atoms with Crippen LogP contribution >= 0.6 is 11.6 Å². The Labute approximate surface area is 118 Å². The van der Waals surface area contributed by atoms with E-state index in [2.05, 4.69) is 10.3 Å². The molecule has 2 aromatic rings. The minimum atomic E-state index is -0.0767. The van der Waals surface area contributed by atoms with E-state index in [4.69, 9.17) is 11.6 Å². The highest BCUT2D eigenvalue weighted by molar-refractivity contribution is 6.35. The third-order valence-corrected chi connectivity index (χ3v) is 3.46. The van der Waals surface area contributed by atoms with Crippen molar-refractivity contribution in [1.29, 1.82) is 0 Å². The number of hydrogen-bond acceptors (Lipinski definition) is 2. The lowest BCUT2D eigenvalue weighted by Crippen LogP contribution is -2.32. The Morgan fingerprint density at radius 3 is 2.89 bits per heavy atom. The normalized spacial score (nSPS) is 12.4. The first-order valence-corrected chi connectivity index (χ1v) is 6.77. The molecule has 0 saturated carbocycles. The molecule has 0 bridgehead atoms. The molecule has 0 aliphatic rings. The van der Waals surface area contributed by atoms with Gasteiger partial charge in [-0.1, -0.05) is 30.7 Å². The van der Waals surface area contributed by atoms with Crippen LogP contribution in [0.4, 0.5) is 0 Å². The van der Waals surface area contributed by atoms with Gasteiger partial charge in [0.05, 0.1) is 16.1 Å². The van der Waals surface area contributed by atoms with Gasteiger partial charge in [-0.05, 0) is 32.4 Å². The van der Waals surface area contributed by atoms with Crippen LogP contribution in [-0.4, -0.2) is 16.9 Å². The molecule has 0 aliphatic heterocycles. The number of aryl methyl sites for hydroxylation is 1. The fourth-order valence-corrected chi connectivity index (χ4v) is 2.15. The molecule has 0 aliphatic carbocycles. The van der Waals surface area contributed by atoms with E-state index in [0.29, 0.717) is 16.1 Å². The van der Waals surface area contributed by atoms with Crippen molar-refractivity contribution in [2.75, 3.05) is 0 Å². The van der Waals surface area contributed by atoms with Crippen LogP contribution in [-0.2, 0) is 0 Å². The van der Waals surface area contributed by atoms with Crippen LogP contribution in [0.15, 0.2) is 24.3 Å². The summed E-state index contributed by atoms with van der Waals surface area (Å²) in [6.45, 7) is 5.89. The second kappa shape index (κ2) is 5.57. The standard InChI is InChI=1S/C15H17ClN2O/c1-4-9(2)18-15(19)12-8-10(3)17-14-11(12)6-5-7-13(14)16/h5-9H,4H2,1-3H3,(H,18,19). The summed E-state index contributed by atoms with van der Waals surface area (Å²) in [4.78, 5) is 16.7. The van der Waals surface area contributed by atoms with Crippen molar-refractivity contribution in [3.8, 4) is 0 Å². The number of carbonyl (C=O) groups excluding carboxylic acids is 1. The topological polar surface area (TPSA) is 42.0 Å². The molecule has 1 unspecified atom stereocenters. The second-order valence-electron chi connectivity index (χ2n) is 4.73. The van der Waals surface area contributed by atoms with Crippen molar-refractivity contribution in [3.05, 3.63) is 40.5 Å². The van der Waals surface area contributed by atoms with Gasteiger partial charge < -0.3 is 5.32 Å². The molecule has 0 saturated heterocycles. The highest BCUT2D eigenvalue weighted by Crippen LogP contribution is 2.25. The first-order chi connectivity index (χ1) is 9.02. The van der Waals surface area contributed by atoms with Crippen molar-refractivity contribution in [2.45, 2.75) is 33.2 Å². The summed E-state index contributed by atoms with van der Waals surface area (Å²) in [5, 5.41) is 4.33. The highest BCUT2D eigenvalue weighted by atomic mass is 35.5. The summed E-state index contributed by atoms with van der Waals surface area (Å²) in [6, 6.07) is 7.44. The van der Waals surface area contributed by atoms with E-state index in [1.54, 1.807) is 12.1 Å². The van der Waals surface area contributed by atoms with Crippen LogP contribution in [0.3, 0.4) is 0 Å². The lowest BCUT2D eigenvalue weighted by molar-refractivity contribution is 0.0941. The Morgan fingerprint density at radius 1 is 1.47 bits per heavy atom. The van der Waals surface area contributed by atoms with E-state index in [9.17, 15) is 4.79 Å². The number of hydrogen-bond donors (Lipinski definition) is 1.